The number of benzene rings is 2. The maximum absolute atomic E-state index is 12.5. The Morgan fingerprint density at radius 3 is 2.33 bits per heavy atom. The quantitative estimate of drug-likeness (QED) is 0.886. The average Bonchev–Trinajstić information content (AvgIpc) is 2.47. The van der Waals surface area contributed by atoms with E-state index in [0.29, 0.717) is 10.7 Å². The molecule has 0 aromatic heterocycles. The summed E-state index contributed by atoms with van der Waals surface area (Å²) >= 11 is 6.11. The summed E-state index contributed by atoms with van der Waals surface area (Å²) in [6.45, 7) is 1.76. The summed E-state index contributed by atoms with van der Waals surface area (Å²) in [6, 6.07) is 13.5. The fraction of sp³-hybridized carbons (Fsp3) is 0.200. The molecule has 1 atom stereocenters. The molecule has 2 N–H and O–H groups in total. The van der Waals surface area contributed by atoms with Crippen LogP contribution in [-0.2, 0) is 10.0 Å². The number of hydrogen-bond acceptors (Lipinski definition) is 3. The molecule has 0 heterocycles. The molecule has 0 saturated heterocycles. The van der Waals surface area contributed by atoms with Crippen LogP contribution >= 0.6 is 11.6 Å². The Morgan fingerprint density at radius 1 is 1.05 bits per heavy atom. The third-order valence-electron chi connectivity index (χ3n) is 3.15. The third kappa shape index (κ3) is 3.56. The van der Waals surface area contributed by atoms with Crippen LogP contribution in [0.25, 0.3) is 0 Å². The van der Waals surface area contributed by atoms with Gasteiger partial charge in [0.15, 0.2) is 0 Å². The van der Waals surface area contributed by atoms with E-state index in [1.165, 1.54) is 0 Å². The normalized spacial score (nSPS) is 12.9. The van der Waals surface area contributed by atoms with Crippen LogP contribution in [0.15, 0.2) is 53.4 Å². The van der Waals surface area contributed by atoms with Gasteiger partial charge in [-0.3, -0.25) is 0 Å². The average molecular weight is 325 g/mol. The van der Waals surface area contributed by atoms with Gasteiger partial charge in [0.1, 0.15) is 4.90 Å². The van der Waals surface area contributed by atoms with E-state index in [-0.39, 0.29) is 4.90 Å². The van der Waals surface area contributed by atoms with Crippen LogP contribution in [-0.4, -0.2) is 15.5 Å². The number of hydrogen-bond donors (Lipinski definition) is 2. The van der Waals surface area contributed by atoms with Crippen LogP contribution in [0, 0.1) is 0 Å². The molecule has 0 bridgehead atoms. The van der Waals surface area contributed by atoms with Crippen molar-refractivity contribution in [1.82, 2.24) is 4.72 Å². The minimum absolute atomic E-state index is 0.214. The van der Waals surface area contributed by atoms with Gasteiger partial charge in [-0.25, -0.2) is 13.1 Å². The lowest BCUT2D eigenvalue weighted by molar-refractivity contribution is 0.567. The van der Waals surface area contributed by atoms with Crippen LogP contribution in [0.2, 0.25) is 5.02 Å². The molecule has 2 rings (SSSR count). The van der Waals surface area contributed by atoms with E-state index in [2.05, 4.69) is 10.0 Å². The van der Waals surface area contributed by atoms with Gasteiger partial charge in [-0.2, -0.15) is 0 Å². The Balaban J connectivity index is 2.32. The van der Waals surface area contributed by atoms with Crippen molar-refractivity contribution in [3.8, 4) is 0 Å². The van der Waals surface area contributed by atoms with Crippen molar-refractivity contribution < 1.29 is 8.42 Å². The van der Waals surface area contributed by atoms with Crippen molar-refractivity contribution in [2.45, 2.75) is 17.9 Å². The monoisotopic (exact) mass is 324 g/mol. The Kier molecular flexibility index (Phi) is 4.88. The Hall–Kier alpha value is -1.56. The van der Waals surface area contributed by atoms with Crippen LogP contribution in [0.1, 0.15) is 18.5 Å². The molecule has 0 radical (unpaired) electrons. The Bertz CT molecular complexity index is 732. The largest absolute Gasteiger partial charge is 0.387 e. The molecule has 0 aliphatic carbocycles. The van der Waals surface area contributed by atoms with Gasteiger partial charge in [-0.1, -0.05) is 41.9 Å². The van der Waals surface area contributed by atoms with Crippen LogP contribution in [0.4, 0.5) is 5.69 Å². The van der Waals surface area contributed by atoms with E-state index in [1.807, 2.05) is 12.1 Å². The van der Waals surface area contributed by atoms with Gasteiger partial charge in [0.25, 0.3) is 0 Å². The van der Waals surface area contributed by atoms with E-state index < -0.39 is 16.1 Å². The highest BCUT2D eigenvalue weighted by molar-refractivity contribution is 7.89. The number of anilines is 1. The molecule has 0 spiro atoms. The summed E-state index contributed by atoms with van der Waals surface area (Å²) in [5, 5.41) is 3.42. The molecule has 112 valence electrons. The molecule has 21 heavy (non-hydrogen) atoms. The van der Waals surface area contributed by atoms with Crippen molar-refractivity contribution >= 4 is 27.3 Å². The molecule has 2 aromatic rings. The highest BCUT2D eigenvalue weighted by atomic mass is 35.5. The fourth-order valence-electron chi connectivity index (χ4n) is 2.09. The standard InChI is InChI=1S/C15H17ClN2O2S/c1-11(12-7-3-4-8-13(12)16)18-21(19,20)15-10-6-5-9-14(15)17-2/h3-11,17-18H,1-2H3. The summed E-state index contributed by atoms with van der Waals surface area (Å²) < 4.78 is 27.7. The number of sulfonamides is 1. The van der Waals surface area contributed by atoms with Gasteiger partial charge in [-0.05, 0) is 30.7 Å². The second-order valence-corrected chi connectivity index (χ2v) is 6.70. The lowest BCUT2D eigenvalue weighted by Gasteiger charge is -2.17. The molecule has 4 nitrogen and oxygen atoms in total. The summed E-state index contributed by atoms with van der Waals surface area (Å²) in [6.07, 6.45) is 0. The second-order valence-electron chi connectivity index (χ2n) is 4.61. The van der Waals surface area contributed by atoms with E-state index in [0.717, 1.165) is 5.56 Å². The van der Waals surface area contributed by atoms with Crippen molar-refractivity contribution in [2.75, 3.05) is 12.4 Å². The molecule has 0 aliphatic rings. The topological polar surface area (TPSA) is 58.2 Å². The maximum Gasteiger partial charge on any atom is 0.243 e. The van der Waals surface area contributed by atoms with E-state index in [1.54, 1.807) is 50.4 Å². The number of halogens is 1. The SMILES string of the molecule is CNc1ccccc1S(=O)(=O)NC(C)c1ccccc1Cl. The van der Waals surface area contributed by atoms with E-state index in [9.17, 15) is 8.42 Å². The van der Waals surface area contributed by atoms with Gasteiger partial charge in [-0.15, -0.1) is 0 Å². The maximum atomic E-state index is 12.5. The van der Waals surface area contributed by atoms with Gasteiger partial charge in [0.2, 0.25) is 10.0 Å². The molecule has 0 fully saturated rings. The van der Waals surface area contributed by atoms with Gasteiger partial charge in [0.05, 0.1) is 5.69 Å². The first kappa shape index (κ1) is 15.8. The molecular weight excluding hydrogens is 308 g/mol. The van der Waals surface area contributed by atoms with Gasteiger partial charge in [0, 0.05) is 18.1 Å². The molecular formula is C15H17ClN2O2S. The highest BCUT2D eigenvalue weighted by Gasteiger charge is 2.21. The predicted molar refractivity (Wildman–Crippen MR) is 86.2 cm³/mol. The van der Waals surface area contributed by atoms with Crippen molar-refractivity contribution in [3.05, 3.63) is 59.1 Å². The zero-order valence-electron chi connectivity index (χ0n) is 11.8. The molecule has 0 saturated carbocycles. The minimum Gasteiger partial charge on any atom is -0.387 e. The van der Waals surface area contributed by atoms with Crippen LogP contribution in [0.3, 0.4) is 0 Å². The molecule has 2 aromatic carbocycles. The predicted octanol–water partition coefficient (Wildman–Crippen LogP) is 3.42. The van der Waals surface area contributed by atoms with E-state index in [4.69, 9.17) is 11.6 Å². The lowest BCUT2D eigenvalue weighted by Crippen LogP contribution is -2.27. The Labute approximate surface area is 130 Å². The first-order valence-corrected chi connectivity index (χ1v) is 8.35. The zero-order valence-corrected chi connectivity index (χ0v) is 13.4. The van der Waals surface area contributed by atoms with Crippen molar-refractivity contribution in [1.29, 1.82) is 0 Å². The lowest BCUT2D eigenvalue weighted by atomic mass is 10.1. The summed E-state index contributed by atoms with van der Waals surface area (Å²) in [4.78, 5) is 0.214. The smallest absolute Gasteiger partial charge is 0.243 e. The van der Waals surface area contributed by atoms with Gasteiger partial charge >= 0.3 is 0 Å². The summed E-state index contributed by atoms with van der Waals surface area (Å²) in [7, 11) is -1.95. The third-order valence-corrected chi connectivity index (χ3v) is 5.09. The van der Waals surface area contributed by atoms with Crippen LogP contribution in [0.5, 0.6) is 0 Å². The number of para-hydroxylation sites is 1. The second kappa shape index (κ2) is 6.47. The highest BCUT2D eigenvalue weighted by Crippen LogP contribution is 2.26. The number of nitrogens with one attached hydrogen (secondary N) is 2. The first-order chi connectivity index (χ1) is 9.95. The van der Waals surface area contributed by atoms with Crippen molar-refractivity contribution in [3.63, 3.8) is 0 Å². The van der Waals surface area contributed by atoms with Crippen LogP contribution < -0.4 is 10.0 Å². The summed E-state index contributed by atoms with van der Waals surface area (Å²) in [5.41, 5.74) is 1.29. The molecule has 1 unspecified atom stereocenters. The molecule has 0 amide bonds. The van der Waals surface area contributed by atoms with Crippen molar-refractivity contribution in [2.24, 2.45) is 0 Å². The molecule has 0 aliphatic heterocycles. The van der Waals surface area contributed by atoms with Gasteiger partial charge < -0.3 is 5.32 Å². The Morgan fingerprint density at radius 2 is 1.67 bits per heavy atom. The first-order valence-electron chi connectivity index (χ1n) is 6.49. The van der Waals surface area contributed by atoms with E-state index >= 15 is 0 Å². The number of rotatable bonds is 5. The molecule has 6 heteroatoms. The minimum atomic E-state index is -3.64. The zero-order chi connectivity index (χ0) is 15.5. The summed E-state index contributed by atoms with van der Waals surface area (Å²) in [5.74, 6) is 0. The fourth-order valence-corrected chi connectivity index (χ4v) is 3.83.